The van der Waals surface area contributed by atoms with Gasteiger partial charge in [-0.15, -0.1) is 0 Å². The van der Waals surface area contributed by atoms with Crippen LogP contribution in [0.25, 0.3) is 10.2 Å². The number of halogens is 1. The summed E-state index contributed by atoms with van der Waals surface area (Å²) in [7, 11) is 0. The quantitative estimate of drug-likeness (QED) is 0.215. The zero-order valence-electron chi connectivity index (χ0n) is 19.7. The third-order valence-electron chi connectivity index (χ3n) is 6.39. The van der Waals surface area contributed by atoms with E-state index in [9.17, 15) is 14.9 Å². The van der Waals surface area contributed by atoms with Crippen LogP contribution < -0.4 is 9.80 Å². The van der Waals surface area contributed by atoms with Crippen molar-refractivity contribution in [2.24, 2.45) is 0 Å². The van der Waals surface area contributed by atoms with Gasteiger partial charge in [-0.25, -0.2) is 4.98 Å². The lowest BCUT2D eigenvalue weighted by Gasteiger charge is -2.28. The van der Waals surface area contributed by atoms with Crippen molar-refractivity contribution < 1.29 is 9.72 Å². The van der Waals surface area contributed by atoms with Crippen LogP contribution in [-0.2, 0) is 6.54 Å². The molecule has 8 nitrogen and oxygen atoms in total. The predicted molar refractivity (Wildman–Crippen MR) is 143 cm³/mol. The number of nitro benzene ring substituents is 1. The van der Waals surface area contributed by atoms with Crippen molar-refractivity contribution in [2.45, 2.75) is 32.7 Å². The number of hydrogen-bond donors (Lipinski definition) is 0. The lowest BCUT2D eigenvalue weighted by Crippen LogP contribution is -2.31. The van der Waals surface area contributed by atoms with E-state index >= 15 is 0 Å². The van der Waals surface area contributed by atoms with E-state index in [-0.39, 0.29) is 23.7 Å². The Kier molecular flexibility index (Phi) is 6.84. The maximum absolute atomic E-state index is 13.9. The molecule has 0 aliphatic carbocycles. The molecule has 36 heavy (non-hydrogen) atoms. The van der Waals surface area contributed by atoms with Gasteiger partial charge in [0.2, 0.25) is 0 Å². The average Bonchev–Trinajstić information content (AvgIpc) is 3.34. The van der Waals surface area contributed by atoms with E-state index < -0.39 is 4.92 Å². The van der Waals surface area contributed by atoms with Crippen molar-refractivity contribution in [3.8, 4) is 0 Å². The van der Waals surface area contributed by atoms with E-state index in [1.54, 1.807) is 35.5 Å². The third-order valence-corrected chi connectivity index (χ3v) is 7.84. The predicted octanol–water partition coefficient (Wildman–Crippen LogP) is 6.40. The first kappa shape index (κ1) is 24.1. The Morgan fingerprint density at radius 1 is 1.19 bits per heavy atom. The fourth-order valence-corrected chi connectivity index (χ4v) is 5.64. The monoisotopic (exact) mass is 521 g/mol. The second kappa shape index (κ2) is 10.2. The van der Waals surface area contributed by atoms with Crippen molar-refractivity contribution in [3.63, 3.8) is 0 Å². The SMILES string of the molecule is Cc1c(Cl)ccc2sc(N(Cc3cccnc3)C(=O)c3ccc(N4CCCCC4)c([N+](=O)[O-])c3)nc12. The fraction of sp³-hybridized carbons (Fsp3) is 0.269. The van der Waals surface area contributed by atoms with Crippen molar-refractivity contribution in [3.05, 3.63) is 86.7 Å². The summed E-state index contributed by atoms with van der Waals surface area (Å²) in [6.07, 6.45) is 6.48. The molecule has 1 amide bonds. The van der Waals surface area contributed by atoms with Crippen molar-refractivity contribution in [1.29, 1.82) is 0 Å². The molecule has 10 heteroatoms. The molecular formula is C26H24ClN5O3S. The standard InChI is InChI=1S/C26H24ClN5O3S/c1-17-20(27)8-10-23-24(17)29-26(36-23)31(16-18-6-5-11-28-15-18)25(33)19-7-9-21(22(14-19)32(34)35)30-12-3-2-4-13-30/h5-11,14-15H,2-4,12-13,16H2,1H3. The average molecular weight is 522 g/mol. The van der Waals surface area contributed by atoms with Gasteiger partial charge >= 0.3 is 0 Å². The molecule has 3 heterocycles. The van der Waals surface area contributed by atoms with Gasteiger partial charge in [0.05, 0.1) is 21.7 Å². The number of benzene rings is 2. The molecule has 1 aliphatic rings. The number of piperidine rings is 1. The van der Waals surface area contributed by atoms with E-state index in [2.05, 4.69) is 4.98 Å². The van der Waals surface area contributed by atoms with Gasteiger partial charge in [0, 0.05) is 42.1 Å². The number of pyridine rings is 1. The van der Waals surface area contributed by atoms with E-state index in [0.717, 1.165) is 53.7 Å². The molecule has 0 atom stereocenters. The van der Waals surface area contributed by atoms with Crippen molar-refractivity contribution >= 4 is 55.6 Å². The minimum absolute atomic E-state index is 0.0593. The van der Waals surface area contributed by atoms with E-state index in [0.29, 0.717) is 15.8 Å². The molecular weight excluding hydrogens is 498 g/mol. The van der Waals surface area contributed by atoms with Crippen LogP contribution in [0.1, 0.15) is 40.7 Å². The minimum atomic E-state index is -0.408. The highest BCUT2D eigenvalue weighted by Crippen LogP contribution is 2.36. The number of hydrogen-bond acceptors (Lipinski definition) is 7. The van der Waals surface area contributed by atoms with Crippen molar-refractivity contribution in [1.82, 2.24) is 9.97 Å². The van der Waals surface area contributed by atoms with E-state index in [1.807, 2.05) is 30.0 Å². The summed E-state index contributed by atoms with van der Waals surface area (Å²) in [5.74, 6) is -0.366. The molecule has 1 saturated heterocycles. The summed E-state index contributed by atoms with van der Waals surface area (Å²) in [5.41, 5.74) is 3.13. The lowest BCUT2D eigenvalue weighted by molar-refractivity contribution is -0.384. The number of nitro groups is 1. The number of aromatic nitrogens is 2. The van der Waals surface area contributed by atoms with Crippen LogP contribution in [-0.4, -0.2) is 33.9 Å². The highest BCUT2D eigenvalue weighted by atomic mass is 35.5. The van der Waals surface area contributed by atoms with Crippen LogP contribution in [0.5, 0.6) is 0 Å². The molecule has 0 saturated carbocycles. The largest absolute Gasteiger partial charge is 0.366 e. The third kappa shape index (κ3) is 4.76. The Bertz CT molecular complexity index is 1440. The van der Waals surface area contributed by atoms with Gasteiger partial charge < -0.3 is 4.90 Å². The van der Waals surface area contributed by atoms with Gasteiger partial charge in [-0.2, -0.15) is 0 Å². The van der Waals surface area contributed by atoms with Crippen LogP contribution in [0.3, 0.4) is 0 Å². The summed E-state index contributed by atoms with van der Waals surface area (Å²) in [6.45, 7) is 3.66. The summed E-state index contributed by atoms with van der Waals surface area (Å²) >= 11 is 7.68. The van der Waals surface area contributed by atoms with Crippen molar-refractivity contribution in [2.75, 3.05) is 22.9 Å². The van der Waals surface area contributed by atoms with Gasteiger partial charge in [-0.3, -0.25) is 24.8 Å². The molecule has 1 aliphatic heterocycles. The highest BCUT2D eigenvalue weighted by Gasteiger charge is 2.27. The Hall–Kier alpha value is -3.56. The number of carbonyl (C=O) groups is 1. The first-order valence-electron chi connectivity index (χ1n) is 11.7. The number of aryl methyl sites for hydroxylation is 1. The van der Waals surface area contributed by atoms with Gasteiger partial charge in [-0.05, 0) is 67.6 Å². The maximum Gasteiger partial charge on any atom is 0.293 e. The molecule has 5 rings (SSSR count). The first-order valence-corrected chi connectivity index (χ1v) is 12.9. The fourth-order valence-electron chi connectivity index (χ4n) is 4.47. The number of anilines is 2. The molecule has 0 bridgehead atoms. The zero-order chi connectivity index (χ0) is 25.2. The number of thiazole rings is 1. The number of fused-ring (bicyclic) bond motifs is 1. The Labute approximate surface area is 217 Å². The van der Waals surface area contributed by atoms with Crippen LogP contribution in [0, 0.1) is 17.0 Å². The van der Waals surface area contributed by atoms with E-state index in [1.165, 1.54) is 17.4 Å². The van der Waals surface area contributed by atoms with Gasteiger partial charge in [0.15, 0.2) is 5.13 Å². The molecule has 2 aromatic carbocycles. The smallest absolute Gasteiger partial charge is 0.293 e. The highest BCUT2D eigenvalue weighted by molar-refractivity contribution is 7.22. The molecule has 4 aromatic rings. The maximum atomic E-state index is 13.9. The molecule has 0 N–H and O–H groups in total. The molecule has 0 spiro atoms. The van der Waals surface area contributed by atoms with E-state index in [4.69, 9.17) is 16.6 Å². The van der Waals surface area contributed by atoms with Gasteiger partial charge in [-0.1, -0.05) is 29.0 Å². The number of carbonyl (C=O) groups excluding carboxylic acids is 1. The Balaban J connectivity index is 1.56. The normalized spacial score (nSPS) is 13.7. The Morgan fingerprint density at radius 2 is 2.00 bits per heavy atom. The second-order valence-corrected chi connectivity index (χ2v) is 10.2. The molecule has 0 radical (unpaired) electrons. The molecule has 184 valence electrons. The van der Waals surface area contributed by atoms with Crippen LogP contribution in [0.15, 0.2) is 54.9 Å². The van der Waals surface area contributed by atoms with Crippen LogP contribution in [0.2, 0.25) is 5.02 Å². The lowest BCUT2D eigenvalue weighted by atomic mass is 10.1. The summed E-state index contributed by atoms with van der Waals surface area (Å²) in [6, 6.07) is 12.1. The molecule has 0 unspecified atom stereocenters. The zero-order valence-corrected chi connectivity index (χ0v) is 21.3. The van der Waals surface area contributed by atoms with Crippen LogP contribution >= 0.6 is 22.9 Å². The second-order valence-electron chi connectivity index (χ2n) is 8.78. The first-order chi connectivity index (χ1) is 17.4. The topological polar surface area (TPSA) is 92.5 Å². The number of rotatable bonds is 6. The number of amides is 1. The van der Waals surface area contributed by atoms with Gasteiger partial charge in [0.25, 0.3) is 11.6 Å². The minimum Gasteiger partial charge on any atom is -0.366 e. The molecule has 2 aromatic heterocycles. The Morgan fingerprint density at radius 3 is 2.72 bits per heavy atom. The summed E-state index contributed by atoms with van der Waals surface area (Å²) in [4.78, 5) is 37.9. The summed E-state index contributed by atoms with van der Waals surface area (Å²) < 4.78 is 0.905. The summed E-state index contributed by atoms with van der Waals surface area (Å²) in [5, 5.41) is 13.1. The van der Waals surface area contributed by atoms with Gasteiger partial charge in [0.1, 0.15) is 5.69 Å². The van der Waals surface area contributed by atoms with Crippen LogP contribution in [0.4, 0.5) is 16.5 Å². The molecule has 1 fully saturated rings. The number of nitrogens with zero attached hydrogens (tertiary/aromatic N) is 5.